The molecule has 0 radical (unpaired) electrons. The van der Waals surface area contributed by atoms with E-state index < -0.39 is 11.9 Å². The molecular formula is C15H14ClNO4. The van der Waals surface area contributed by atoms with E-state index in [2.05, 4.69) is 5.32 Å². The van der Waals surface area contributed by atoms with Crippen LogP contribution in [-0.2, 0) is 4.74 Å². The maximum Gasteiger partial charge on any atom is 0.339 e. The van der Waals surface area contributed by atoms with Crippen LogP contribution >= 0.6 is 11.6 Å². The molecule has 6 heteroatoms. The molecule has 21 heavy (non-hydrogen) atoms. The number of hydrogen-bond acceptors (Lipinski definition) is 4. The lowest BCUT2D eigenvalue weighted by molar-refractivity contribution is 0.0378. The lowest BCUT2D eigenvalue weighted by Crippen LogP contribution is -2.14. The van der Waals surface area contributed by atoms with Gasteiger partial charge in [-0.25, -0.2) is 4.79 Å². The van der Waals surface area contributed by atoms with E-state index in [1.807, 2.05) is 0 Å². The second-order valence-corrected chi connectivity index (χ2v) is 4.99. The normalized spacial score (nSPS) is 10.5. The maximum atomic E-state index is 11.9. The van der Waals surface area contributed by atoms with Gasteiger partial charge in [-0.15, -0.1) is 0 Å². The Morgan fingerprint density at radius 1 is 1.29 bits per heavy atom. The summed E-state index contributed by atoms with van der Waals surface area (Å²) in [5.74, 6) is -0.772. The van der Waals surface area contributed by atoms with E-state index in [1.165, 1.54) is 18.4 Å². The number of rotatable bonds is 4. The number of hydrogen-bond donors (Lipinski definition) is 1. The number of esters is 1. The van der Waals surface area contributed by atoms with E-state index in [9.17, 15) is 9.59 Å². The number of ether oxygens (including phenoxy) is 1. The van der Waals surface area contributed by atoms with Gasteiger partial charge in [-0.2, -0.15) is 0 Å². The van der Waals surface area contributed by atoms with Gasteiger partial charge in [0.1, 0.15) is 0 Å². The van der Waals surface area contributed by atoms with Crippen molar-refractivity contribution in [1.82, 2.24) is 0 Å². The summed E-state index contributed by atoms with van der Waals surface area (Å²) in [6, 6.07) is 7.74. The van der Waals surface area contributed by atoms with Crippen molar-refractivity contribution in [3.63, 3.8) is 0 Å². The third kappa shape index (κ3) is 3.86. The van der Waals surface area contributed by atoms with Crippen LogP contribution in [0.2, 0.25) is 5.02 Å². The fraction of sp³-hybridized carbons (Fsp3) is 0.200. The molecule has 1 N–H and O–H groups in total. The Labute approximate surface area is 126 Å². The third-order valence-corrected chi connectivity index (χ3v) is 2.86. The van der Waals surface area contributed by atoms with Crippen molar-refractivity contribution < 1.29 is 18.7 Å². The number of benzene rings is 1. The summed E-state index contributed by atoms with van der Waals surface area (Å²) in [4.78, 5) is 23.8. The van der Waals surface area contributed by atoms with E-state index >= 15 is 0 Å². The Balaban J connectivity index is 2.18. The number of carbonyl (C=O) groups is 2. The average molecular weight is 308 g/mol. The van der Waals surface area contributed by atoms with Crippen LogP contribution in [-0.4, -0.2) is 18.0 Å². The van der Waals surface area contributed by atoms with Crippen molar-refractivity contribution in [2.45, 2.75) is 20.0 Å². The molecule has 0 fully saturated rings. The molecule has 5 nitrogen and oxygen atoms in total. The Kier molecular flexibility index (Phi) is 4.65. The quantitative estimate of drug-likeness (QED) is 0.873. The van der Waals surface area contributed by atoms with Crippen LogP contribution in [0.5, 0.6) is 0 Å². The van der Waals surface area contributed by atoms with Gasteiger partial charge in [-0.1, -0.05) is 11.6 Å². The molecule has 0 aliphatic rings. The Morgan fingerprint density at radius 2 is 2.05 bits per heavy atom. The van der Waals surface area contributed by atoms with Gasteiger partial charge >= 0.3 is 5.97 Å². The highest BCUT2D eigenvalue weighted by molar-refractivity contribution is 6.33. The highest BCUT2D eigenvalue weighted by atomic mass is 35.5. The summed E-state index contributed by atoms with van der Waals surface area (Å²) < 4.78 is 10.1. The standard InChI is InChI=1S/C15H14ClNO4/c1-9(2)21-15(19)11-8-10(5-6-12(11)16)17-14(18)13-4-3-7-20-13/h3-9H,1-2H3,(H,17,18). The molecule has 2 rings (SSSR count). The monoisotopic (exact) mass is 307 g/mol. The minimum atomic E-state index is -0.538. The van der Waals surface area contributed by atoms with Crippen LogP contribution in [0.15, 0.2) is 41.0 Å². The summed E-state index contributed by atoms with van der Waals surface area (Å²) in [7, 11) is 0. The van der Waals surface area contributed by atoms with E-state index in [0.29, 0.717) is 5.69 Å². The summed E-state index contributed by atoms with van der Waals surface area (Å²) in [5, 5.41) is 2.88. The zero-order chi connectivity index (χ0) is 15.4. The smallest absolute Gasteiger partial charge is 0.339 e. The van der Waals surface area contributed by atoms with Gasteiger partial charge in [-0.05, 0) is 44.2 Å². The lowest BCUT2D eigenvalue weighted by Gasteiger charge is -2.10. The molecule has 0 unspecified atom stereocenters. The molecule has 0 atom stereocenters. The van der Waals surface area contributed by atoms with Crippen LogP contribution in [0.1, 0.15) is 34.8 Å². The van der Waals surface area contributed by atoms with Crippen LogP contribution in [0.25, 0.3) is 0 Å². The fourth-order valence-electron chi connectivity index (χ4n) is 1.64. The van der Waals surface area contributed by atoms with Gasteiger partial charge in [-0.3, -0.25) is 4.79 Å². The van der Waals surface area contributed by atoms with E-state index in [4.69, 9.17) is 20.8 Å². The van der Waals surface area contributed by atoms with Gasteiger partial charge in [0.05, 0.1) is 23.0 Å². The fourth-order valence-corrected chi connectivity index (χ4v) is 1.83. The zero-order valence-electron chi connectivity index (χ0n) is 11.6. The molecule has 1 heterocycles. The van der Waals surface area contributed by atoms with Crippen molar-refractivity contribution in [3.05, 3.63) is 52.9 Å². The first kappa shape index (κ1) is 15.1. The van der Waals surface area contributed by atoms with Crippen molar-refractivity contribution in [2.24, 2.45) is 0 Å². The summed E-state index contributed by atoms with van der Waals surface area (Å²) in [6.45, 7) is 3.49. The molecule has 0 spiro atoms. The number of anilines is 1. The average Bonchev–Trinajstić information content (AvgIpc) is 2.94. The number of nitrogens with one attached hydrogen (secondary N) is 1. The minimum Gasteiger partial charge on any atom is -0.459 e. The van der Waals surface area contributed by atoms with Crippen LogP contribution in [0.3, 0.4) is 0 Å². The van der Waals surface area contributed by atoms with Gasteiger partial charge in [0.15, 0.2) is 5.76 Å². The first-order chi connectivity index (χ1) is 9.97. The topological polar surface area (TPSA) is 68.5 Å². The molecule has 1 aromatic heterocycles. The summed E-state index contributed by atoms with van der Waals surface area (Å²) in [5.41, 5.74) is 0.624. The van der Waals surface area contributed by atoms with Crippen LogP contribution in [0, 0.1) is 0 Å². The molecule has 1 aromatic carbocycles. The molecular weight excluding hydrogens is 294 g/mol. The van der Waals surface area contributed by atoms with E-state index in [1.54, 1.807) is 32.0 Å². The maximum absolute atomic E-state index is 11.9. The highest BCUT2D eigenvalue weighted by Gasteiger charge is 2.16. The molecule has 2 aromatic rings. The second kappa shape index (κ2) is 6.45. The number of halogens is 1. The van der Waals surface area contributed by atoms with Crippen molar-refractivity contribution >= 4 is 29.2 Å². The predicted molar refractivity (Wildman–Crippen MR) is 78.7 cm³/mol. The van der Waals surface area contributed by atoms with Crippen molar-refractivity contribution in [1.29, 1.82) is 0 Å². The molecule has 0 aliphatic carbocycles. The minimum absolute atomic E-state index is 0.177. The Bertz CT molecular complexity index is 650. The van der Waals surface area contributed by atoms with Gasteiger partial charge in [0.25, 0.3) is 5.91 Å². The predicted octanol–water partition coefficient (Wildman–Crippen LogP) is 3.75. The van der Waals surface area contributed by atoms with Crippen molar-refractivity contribution in [2.75, 3.05) is 5.32 Å². The van der Waals surface area contributed by atoms with E-state index in [0.717, 1.165) is 0 Å². The number of carbonyl (C=O) groups excluding carboxylic acids is 2. The highest BCUT2D eigenvalue weighted by Crippen LogP contribution is 2.22. The Hall–Kier alpha value is -2.27. The number of amides is 1. The molecule has 0 saturated carbocycles. The second-order valence-electron chi connectivity index (χ2n) is 4.58. The van der Waals surface area contributed by atoms with Crippen LogP contribution in [0.4, 0.5) is 5.69 Å². The number of furan rings is 1. The first-order valence-corrected chi connectivity index (χ1v) is 6.70. The molecule has 110 valence electrons. The first-order valence-electron chi connectivity index (χ1n) is 6.32. The molecule has 0 aliphatic heterocycles. The molecule has 0 bridgehead atoms. The van der Waals surface area contributed by atoms with Gasteiger partial charge in [0.2, 0.25) is 0 Å². The van der Waals surface area contributed by atoms with Gasteiger partial charge < -0.3 is 14.5 Å². The largest absolute Gasteiger partial charge is 0.459 e. The third-order valence-electron chi connectivity index (χ3n) is 2.53. The summed E-state index contributed by atoms with van der Waals surface area (Å²) in [6.07, 6.45) is 1.15. The van der Waals surface area contributed by atoms with E-state index in [-0.39, 0.29) is 22.5 Å². The lowest BCUT2D eigenvalue weighted by atomic mass is 10.2. The van der Waals surface area contributed by atoms with Crippen molar-refractivity contribution in [3.8, 4) is 0 Å². The zero-order valence-corrected chi connectivity index (χ0v) is 12.3. The summed E-state index contributed by atoms with van der Waals surface area (Å²) >= 11 is 5.98. The Morgan fingerprint density at radius 3 is 2.67 bits per heavy atom. The molecule has 1 amide bonds. The molecule has 0 saturated heterocycles. The van der Waals surface area contributed by atoms with Gasteiger partial charge in [0, 0.05) is 5.69 Å². The van der Waals surface area contributed by atoms with Crippen LogP contribution < -0.4 is 5.32 Å². The SMILES string of the molecule is CC(C)OC(=O)c1cc(NC(=O)c2ccco2)ccc1Cl.